The van der Waals surface area contributed by atoms with Crippen LogP contribution in [-0.4, -0.2) is 34.3 Å². The van der Waals surface area contributed by atoms with Gasteiger partial charge < -0.3 is 10.5 Å². The summed E-state index contributed by atoms with van der Waals surface area (Å²) >= 11 is 7.90. The molecule has 3 unspecified atom stereocenters. The van der Waals surface area contributed by atoms with Crippen molar-refractivity contribution in [3.63, 3.8) is 0 Å². The van der Waals surface area contributed by atoms with Gasteiger partial charge in [0.25, 0.3) is 0 Å². The first-order valence-corrected chi connectivity index (χ1v) is 13.3. The molecule has 2 N–H and O–H groups in total. The van der Waals surface area contributed by atoms with Crippen LogP contribution in [0.4, 0.5) is 0 Å². The number of rotatable bonds is 4. The number of carbonyl (C=O) groups excluding carboxylic acids is 1. The van der Waals surface area contributed by atoms with Crippen LogP contribution in [0.25, 0.3) is 0 Å². The SMILES string of the molecule is C[C@]12CCC3c4ccc(Cl)cc4CCC3C1[C@H](CCCC(=O)NC1=NCCS1)C/C2=N\O. The number of aliphatic imine (C=N–C) groups is 1. The fourth-order valence-electron chi connectivity index (χ4n) is 7.17. The molecular formula is C25H32ClN3O2S. The highest BCUT2D eigenvalue weighted by molar-refractivity contribution is 8.14. The highest BCUT2D eigenvalue weighted by Gasteiger charge is 2.57. The predicted octanol–water partition coefficient (Wildman–Crippen LogP) is 5.64. The van der Waals surface area contributed by atoms with Crippen LogP contribution in [-0.2, 0) is 11.2 Å². The molecule has 0 aromatic heterocycles. The van der Waals surface area contributed by atoms with Crippen molar-refractivity contribution < 1.29 is 10.0 Å². The number of nitrogens with zero attached hydrogens (tertiary/aromatic N) is 2. The zero-order valence-corrected chi connectivity index (χ0v) is 20.2. The van der Waals surface area contributed by atoms with E-state index in [2.05, 4.69) is 34.5 Å². The Balaban J connectivity index is 1.30. The average molecular weight is 474 g/mol. The second kappa shape index (κ2) is 9.02. The number of oxime groups is 1. The number of hydrogen-bond acceptors (Lipinski definition) is 5. The third kappa shape index (κ3) is 3.98. The van der Waals surface area contributed by atoms with E-state index in [0.29, 0.717) is 30.1 Å². The quantitative estimate of drug-likeness (QED) is 0.438. The molecule has 0 bridgehead atoms. The van der Waals surface area contributed by atoms with Gasteiger partial charge in [-0.1, -0.05) is 41.5 Å². The Bertz CT molecular complexity index is 965. The number of aryl methyl sites for hydroxylation is 1. The van der Waals surface area contributed by atoms with Gasteiger partial charge in [-0.25, -0.2) is 0 Å². The molecule has 7 heteroatoms. The number of amidine groups is 1. The van der Waals surface area contributed by atoms with Crippen LogP contribution in [0.15, 0.2) is 28.3 Å². The molecule has 5 nitrogen and oxygen atoms in total. The summed E-state index contributed by atoms with van der Waals surface area (Å²) in [4.78, 5) is 16.7. The second-order valence-corrected chi connectivity index (χ2v) is 11.6. The molecular weight excluding hydrogens is 442 g/mol. The summed E-state index contributed by atoms with van der Waals surface area (Å²) in [6.45, 7) is 3.12. The topological polar surface area (TPSA) is 74.0 Å². The van der Waals surface area contributed by atoms with Crippen molar-refractivity contribution in [3.8, 4) is 0 Å². The lowest BCUT2D eigenvalue weighted by molar-refractivity contribution is -0.119. The van der Waals surface area contributed by atoms with Crippen molar-refractivity contribution in [2.75, 3.05) is 12.3 Å². The molecule has 2 fully saturated rings. The minimum atomic E-state index is -0.0258. The zero-order valence-electron chi connectivity index (χ0n) is 18.6. The van der Waals surface area contributed by atoms with E-state index in [1.165, 1.54) is 17.5 Å². The lowest BCUT2D eigenvalue weighted by Gasteiger charge is -2.50. The molecule has 1 amide bonds. The first-order chi connectivity index (χ1) is 15.5. The molecule has 1 aliphatic heterocycles. The van der Waals surface area contributed by atoms with Crippen LogP contribution >= 0.6 is 23.4 Å². The lowest BCUT2D eigenvalue weighted by atomic mass is 9.54. The van der Waals surface area contributed by atoms with E-state index in [4.69, 9.17) is 11.6 Å². The maximum Gasteiger partial charge on any atom is 0.225 e. The minimum absolute atomic E-state index is 0.0258. The molecule has 172 valence electrons. The molecule has 5 rings (SSSR count). The van der Waals surface area contributed by atoms with Gasteiger partial charge in [0.1, 0.15) is 0 Å². The lowest BCUT2D eigenvalue weighted by Crippen LogP contribution is -2.44. The summed E-state index contributed by atoms with van der Waals surface area (Å²) in [5, 5.41) is 18.2. The molecule has 3 aliphatic carbocycles. The van der Waals surface area contributed by atoms with Gasteiger partial charge in [-0.2, -0.15) is 0 Å². The number of fused-ring (bicyclic) bond motifs is 5. The summed E-state index contributed by atoms with van der Waals surface area (Å²) < 4.78 is 0. The molecule has 2 saturated carbocycles. The number of benzene rings is 1. The highest BCUT2D eigenvalue weighted by Crippen LogP contribution is 2.62. The molecule has 1 aromatic carbocycles. The molecule has 0 spiro atoms. The third-order valence-electron chi connectivity index (χ3n) is 8.49. The Morgan fingerprint density at radius 3 is 3.06 bits per heavy atom. The van der Waals surface area contributed by atoms with Gasteiger partial charge >= 0.3 is 0 Å². The van der Waals surface area contributed by atoms with Gasteiger partial charge in [0.15, 0.2) is 5.17 Å². The maximum atomic E-state index is 12.4. The summed E-state index contributed by atoms with van der Waals surface area (Å²) in [5.74, 6) is 3.17. The van der Waals surface area contributed by atoms with Crippen molar-refractivity contribution >= 4 is 40.1 Å². The normalized spacial score (nSPS) is 34.6. The van der Waals surface area contributed by atoms with Crippen LogP contribution in [0.3, 0.4) is 0 Å². The van der Waals surface area contributed by atoms with E-state index in [-0.39, 0.29) is 11.3 Å². The highest BCUT2D eigenvalue weighted by atomic mass is 35.5. The third-order valence-corrected chi connectivity index (χ3v) is 9.62. The minimum Gasteiger partial charge on any atom is -0.411 e. The fraction of sp³-hybridized carbons (Fsp3) is 0.640. The van der Waals surface area contributed by atoms with Gasteiger partial charge in [0.2, 0.25) is 5.91 Å². The van der Waals surface area contributed by atoms with Gasteiger partial charge in [0, 0.05) is 22.6 Å². The first kappa shape index (κ1) is 22.3. The molecule has 4 aliphatic rings. The number of hydrogen-bond donors (Lipinski definition) is 2. The molecule has 5 atom stereocenters. The van der Waals surface area contributed by atoms with Crippen LogP contribution in [0.1, 0.15) is 68.9 Å². The monoisotopic (exact) mass is 473 g/mol. The van der Waals surface area contributed by atoms with Crippen molar-refractivity contribution in [1.82, 2.24) is 5.32 Å². The van der Waals surface area contributed by atoms with Gasteiger partial charge in [-0.15, -0.1) is 0 Å². The van der Waals surface area contributed by atoms with Gasteiger partial charge in [-0.3, -0.25) is 9.79 Å². The predicted molar refractivity (Wildman–Crippen MR) is 131 cm³/mol. The molecule has 0 radical (unpaired) electrons. The van der Waals surface area contributed by atoms with E-state index < -0.39 is 0 Å². The summed E-state index contributed by atoms with van der Waals surface area (Å²) in [5.41, 5.74) is 3.85. The maximum absolute atomic E-state index is 12.4. The van der Waals surface area contributed by atoms with Crippen molar-refractivity contribution in [3.05, 3.63) is 34.3 Å². The van der Waals surface area contributed by atoms with Crippen LogP contribution in [0, 0.1) is 23.2 Å². The van der Waals surface area contributed by atoms with Crippen LogP contribution < -0.4 is 5.32 Å². The number of halogens is 1. The Morgan fingerprint density at radius 1 is 1.41 bits per heavy atom. The number of nitrogens with one attached hydrogen (secondary N) is 1. The fourth-order valence-corrected chi connectivity index (χ4v) is 8.11. The van der Waals surface area contributed by atoms with Crippen molar-refractivity contribution in [2.24, 2.45) is 33.3 Å². The van der Waals surface area contributed by atoms with Crippen LogP contribution in [0.5, 0.6) is 0 Å². The molecule has 32 heavy (non-hydrogen) atoms. The standard InChI is InChI=1S/C25H32ClN3O2S/c1-25-10-9-19-18-8-6-17(26)13-15(18)5-7-20(19)23(25)16(14-21(25)29-31)3-2-4-22(30)28-24-27-11-12-32-24/h6,8,13,16,19-20,23,31H,2-5,7,9-12,14H2,1H3,(H,27,28,30)/b29-21+/t16-,19?,20?,23?,25-/m1/s1. The number of amides is 1. The summed E-state index contributed by atoms with van der Waals surface area (Å²) in [6, 6.07) is 6.43. The number of carbonyl (C=O) groups is 1. The van der Waals surface area contributed by atoms with E-state index in [0.717, 1.165) is 66.7 Å². The molecule has 1 heterocycles. The second-order valence-electron chi connectivity index (χ2n) is 10.1. The molecule has 0 saturated heterocycles. The molecule has 1 aromatic rings. The number of thioether (sulfide) groups is 1. The van der Waals surface area contributed by atoms with E-state index in [9.17, 15) is 10.0 Å². The smallest absolute Gasteiger partial charge is 0.225 e. The van der Waals surface area contributed by atoms with Crippen molar-refractivity contribution in [1.29, 1.82) is 0 Å². The Labute approximate surface area is 199 Å². The Morgan fingerprint density at radius 2 is 2.28 bits per heavy atom. The van der Waals surface area contributed by atoms with E-state index >= 15 is 0 Å². The average Bonchev–Trinajstić information content (AvgIpc) is 3.38. The Kier molecular flexibility index (Phi) is 6.28. The van der Waals surface area contributed by atoms with Gasteiger partial charge in [0.05, 0.1) is 12.3 Å². The van der Waals surface area contributed by atoms with E-state index in [1.54, 1.807) is 11.8 Å². The van der Waals surface area contributed by atoms with Crippen LogP contribution in [0.2, 0.25) is 5.02 Å². The van der Waals surface area contributed by atoms with Crippen molar-refractivity contribution in [2.45, 2.75) is 64.2 Å². The summed E-state index contributed by atoms with van der Waals surface area (Å²) in [6.07, 6.45) is 7.70. The zero-order chi connectivity index (χ0) is 22.3. The first-order valence-electron chi connectivity index (χ1n) is 12.0. The van der Waals surface area contributed by atoms with Gasteiger partial charge in [-0.05, 0) is 91.9 Å². The summed E-state index contributed by atoms with van der Waals surface area (Å²) in [7, 11) is 0. The van der Waals surface area contributed by atoms with E-state index in [1.807, 2.05) is 6.07 Å². The largest absolute Gasteiger partial charge is 0.411 e. The Hall–Kier alpha value is -1.53.